The molecule has 2 rings (SSSR count). The van der Waals surface area contributed by atoms with Crippen LogP contribution in [0.2, 0.25) is 0 Å². The van der Waals surface area contributed by atoms with Gasteiger partial charge < -0.3 is 4.74 Å². The average Bonchev–Trinajstić information content (AvgIpc) is 2.71. The lowest BCUT2D eigenvalue weighted by atomic mass is 10.3. The zero-order valence-electron chi connectivity index (χ0n) is 7.49. The number of ether oxygens (including phenoxy) is 1. The molecule has 0 N–H and O–H groups in total. The molecule has 0 saturated carbocycles. The van der Waals surface area contributed by atoms with Crippen LogP contribution in [0.1, 0.15) is 19.3 Å². The second-order valence-electron chi connectivity index (χ2n) is 3.15. The highest BCUT2D eigenvalue weighted by atomic mass is 16.7. The molecule has 0 aromatic carbocycles. The summed E-state index contributed by atoms with van der Waals surface area (Å²) in [7, 11) is 0. The monoisotopic (exact) mass is 183 g/mol. The Morgan fingerprint density at radius 2 is 2.31 bits per heavy atom. The lowest BCUT2D eigenvalue weighted by Crippen LogP contribution is -2.36. The van der Waals surface area contributed by atoms with Crippen molar-refractivity contribution in [1.82, 2.24) is 5.06 Å². The molecule has 1 fully saturated rings. The Bertz CT molecular complexity index is 231. The normalized spacial score (nSPS) is 22.5. The zero-order valence-corrected chi connectivity index (χ0v) is 7.49. The van der Waals surface area contributed by atoms with Crippen molar-refractivity contribution in [3.63, 3.8) is 0 Å². The Hall–Kier alpha value is -1.03. The molecule has 13 heavy (non-hydrogen) atoms. The summed E-state index contributed by atoms with van der Waals surface area (Å²) in [6.45, 7) is 1.94. The summed E-state index contributed by atoms with van der Waals surface area (Å²) in [5, 5.41) is 1.40. The van der Waals surface area contributed by atoms with Crippen molar-refractivity contribution in [2.45, 2.75) is 19.3 Å². The molecule has 4 nitrogen and oxygen atoms in total. The van der Waals surface area contributed by atoms with E-state index in [0.717, 1.165) is 19.3 Å². The average molecular weight is 183 g/mol. The van der Waals surface area contributed by atoms with Crippen LogP contribution in [0.25, 0.3) is 0 Å². The van der Waals surface area contributed by atoms with Gasteiger partial charge in [0.05, 0.1) is 13.2 Å². The fourth-order valence-corrected chi connectivity index (χ4v) is 1.45. The summed E-state index contributed by atoms with van der Waals surface area (Å²) < 4.78 is 5.16. The fourth-order valence-electron chi connectivity index (χ4n) is 1.45. The Balaban J connectivity index is 1.94. The molecule has 0 aromatic heterocycles. The van der Waals surface area contributed by atoms with Gasteiger partial charge in [-0.05, 0) is 18.9 Å². The van der Waals surface area contributed by atoms with Gasteiger partial charge in [-0.3, -0.25) is 9.63 Å². The van der Waals surface area contributed by atoms with E-state index in [-0.39, 0.29) is 5.91 Å². The molecule has 0 aliphatic carbocycles. The Morgan fingerprint density at radius 3 is 2.92 bits per heavy atom. The first-order valence-corrected chi connectivity index (χ1v) is 4.65. The maximum Gasteiger partial charge on any atom is 0.312 e. The number of carbonyl (C=O) groups is 1. The van der Waals surface area contributed by atoms with Crippen LogP contribution in [0.3, 0.4) is 0 Å². The van der Waals surface area contributed by atoms with E-state index in [0.29, 0.717) is 25.5 Å². The van der Waals surface area contributed by atoms with Crippen LogP contribution in [-0.2, 0) is 14.4 Å². The molecule has 2 aliphatic rings. The van der Waals surface area contributed by atoms with Crippen molar-refractivity contribution in [3.05, 3.63) is 11.8 Å². The highest BCUT2D eigenvalue weighted by molar-refractivity contribution is 5.91. The van der Waals surface area contributed by atoms with E-state index in [9.17, 15) is 4.79 Å². The van der Waals surface area contributed by atoms with Crippen LogP contribution in [0.5, 0.6) is 0 Å². The highest BCUT2D eigenvalue weighted by Crippen LogP contribution is 2.15. The fraction of sp³-hybridized carbons (Fsp3) is 0.667. The minimum Gasteiger partial charge on any atom is -0.488 e. The van der Waals surface area contributed by atoms with Gasteiger partial charge in [0.25, 0.3) is 0 Å². The molecule has 72 valence electrons. The van der Waals surface area contributed by atoms with E-state index in [4.69, 9.17) is 9.57 Å². The predicted molar refractivity (Wildman–Crippen MR) is 45.6 cm³/mol. The minimum absolute atomic E-state index is 0.128. The van der Waals surface area contributed by atoms with E-state index in [1.54, 1.807) is 0 Å². The molecule has 0 radical (unpaired) electrons. The summed E-state index contributed by atoms with van der Waals surface area (Å²) in [6.07, 6.45) is 4.69. The first kappa shape index (κ1) is 8.56. The zero-order chi connectivity index (χ0) is 9.10. The summed E-state index contributed by atoms with van der Waals surface area (Å²) in [5.74, 6) is 0.319. The maximum atomic E-state index is 11.6. The molecule has 1 amide bonds. The number of hydrogen-bond donors (Lipinski definition) is 0. The number of nitrogens with zero attached hydrogens (tertiary/aromatic N) is 1. The minimum atomic E-state index is -0.128. The van der Waals surface area contributed by atoms with Gasteiger partial charge in [-0.15, -0.1) is 0 Å². The number of carbonyl (C=O) groups excluding carboxylic acids is 1. The van der Waals surface area contributed by atoms with Gasteiger partial charge in [-0.25, -0.2) is 5.06 Å². The Labute approximate surface area is 77.1 Å². The Kier molecular flexibility index (Phi) is 2.49. The van der Waals surface area contributed by atoms with Crippen LogP contribution >= 0.6 is 0 Å². The van der Waals surface area contributed by atoms with Crippen molar-refractivity contribution >= 4 is 5.91 Å². The van der Waals surface area contributed by atoms with E-state index in [2.05, 4.69) is 0 Å². The van der Waals surface area contributed by atoms with Gasteiger partial charge >= 0.3 is 5.91 Å². The number of hydroxylamine groups is 2. The number of rotatable bonds is 1. The van der Waals surface area contributed by atoms with Crippen molar-refractivity contribution in [2.24, 2.45) is 0 Å². The van der Waals surface area contributed by atoms with Gasteiger partial charge in [0.15, 0.2) is 5.76 Å². The molecule has 0 spiro atoms. The lowest BCUT2D eigenvalue weighted by Gasteiger charge is -2.25. The standard InChI is InChI=1S/C9H13NO3/c11-9(8-4-3-6-12-8)10-5-1-2-7-13-10/h4H,1-3,5-7H2. The van der Waals surface area contributed by atoms with Crippen molar-refractivity contribution in [1.29, 1.82) is 0 Å². The van der Waals surface area contributed by atoms with Crippen LogP contribution in [0, 0.1) is 0 Å². The van der Waals surface area contributed by atoms with E-state index in [1.807, 2.05) is 6.08 Å². The quantitative estimate of drug-likeness (QED) is 0.604. The summed E-state index contributed by atoms with van der Waals surface area (Å²) in [6, 6.07) is 0. The SMILES string of the molecule is O=C(C1=CCCO1)N1CCCCO1. The molecule has 0 atom stereocenters. The molecule has 2 heterocycles. The van der Waals surface area contributed by atoms with Gasteiger partial charge in [-0.2, -0.15) is 0 Å². The van der Waals surface area contributed by atoms with Crippen LogP contribution in [0.4, 0.5) is 0 Å². The van der Waals surface area contributed by atoms with Crippen molar-refractivity contribution in [2.75, 3.05) is 19.8 Å². The molecule has 1 saturated heterocycles. The van der Waals surface area contributed by atoms with E-state index >= 15 is 0 Å². The molecule has 2 aliphatic heterocycles. The van der Waals surface area contributed by atoms with Gasteiger partial charge in [0.2, 0.25) is 0 Å². The molecule has 0 bridgehead atoms. The van der Waals surface area contributed by atoms with E-state index in [1.165, 1.54) is 5.06 Å². The second-order valence-corrected chi connectivity index (χ2v) is 3.15. The molecule has 0 unspecified atom stereocenters. The predicted octanol–water partition coefficient (Wildman–Crippen LogP) is 0.845. The van der Waals surface area contributed by atoms with Crippen LogP contribution in [0.15, 0.2) is 11.8 Å². The van der Waals surface area contributed by atoms with Crippen molar-refractivity contribution < 1.29 is 14.4 Å². The highest BCUT2D eigenvalue weighted by Gasteiger charge is 2.24. The van der Waals surface area contributed by atoms with Crippen molar-refractivity contribution in [3.8, 4) is 0 Å². The third kappa shape index (κ3) is 1.83. The molecule has 4 heteroatoms. The Morgan fingerprint density at radius 1 is 1.38 bits per heavy atom. The number of amides is 1. The van der Waals surface area contributed by atoms with Gasteiger partial charge in [0, 0.05) is 13.0 Å². The summed E-state index contributed by atoms with van der Waals surface area (Å²) in [5.41, 5.74) is 0. The summed E-state index contributed by atoms with van der Waals surface area (Å²) >= 11 is 0. The molecular weight excluding hydrogens is 170 g/mol. The molecular formula is C9H13NO3. The molecule has 0 aromatic rings. The lowest BCUT2D eigenvalue weighted by molar-refractivity contribution is -0.195. The first-order chi connectivity index (χ1) is 6.38. The van der Waals surface area contributed by atoms with Crippen LogP contribution in [-0.4, -0.2) is 30.7 Å². The maximum absolute atomic E-state index is 11.6. The third-order valence-corrected chi connectivity index (χ3v) is 2.15. The largest absolute Gasteiger partial charge is 0.488 e. The van der Waals surface area contributed by atoms with Gasteiger partial charge in [-0.1, -0.05) is 0 Å². The number of hydrogen-bond acceptors (Lipinski definition) is 3. The third-order valence-electron chi connectivity index (χ3n) is 2.15. The van der Waals surface area contributed by atoms with E-state index < -0.39 is 0 Å². The van der Waals surface area contributed by atoms with Crippen LogP contribution < -0.4 is 0 Å². The van der Waals surface area contributed by atoms with Gasteiger partial charge in [0.1, 0.15) is 0 Å². The second kappa shape index (κ2) is 3.79. The topological polar surface area (TPSA) is 38.8 Å². The first-order valence-electron chi connectivity index (χ1n) is 4.65. The smallest absolute Gasteiger partial charge is 0.312 e. The summed E-state index contributed by atoms with van der Waals surface area (Å²) in [4.78, 5) is 16.8.